The molecule has 0 amide bonds. The summed E-state index contributed by atoms with van der Waals surface area (Å²) in [6, 6.07) is 0. The van der Waals surface area contributed by atoms with Gasteiger partial charge >= 0.3 is 40.9 Å². The molecular formula is C5F13S+. The Balaban J connectivity index is 5.92. The minimum Gasteiger partial charge on any atom is -0.192 e. The van der Waals surface area contributed by atoms with E-state index in [0.717, 1.165) is 0 Å². The van der Waals surface area contributed by atoms with Gasteiger partial charge in [0.15, 0.2) is 0 Å². The fraction of sp³-hybridized carbons (Fsp3) is 1.00. The van der Waals surface area contributed by atoms with E-state index in [1.165, 1.54) is 0 Å². The fourth-order valence-corrected chi connectivity index (χ4v) is 0.977. The predicted octanol–water partition coefficient (Wildman–Crippen LogP) is 4.43. The Morgan fingerprint density at radius 3 is 1.00 bits per heavy atom. The summed E-state index contributed by atoms with van der Waals surface area (Å²) in [7, 11) is 0. The highest BCUT2D eigenvalue weighted by molar-refractivity contribution is 7.88. The van der Waals surface area contributed by atoms with Crippen molar-refractivity contribution in [2.75, 3.05) is 0 Å². The van der Waals surface area contributed by atoms with Crippen molar-refractivity contribution >= 4 is 11.7 Å². The van der Waals surface area contributed by atoms with Crippen molar-refractivity contribution in [2.45, 2.75) is 29.2 Å². The molecule has 0 heterocycles. The third-order valence-electron chi connectivity index (χ3n) is 1.70. The van der Waals surface area contributed by atoms with Gasteiger partial charge in [-0.05, 0) is 0 Å². The number of hydrogen-bond donors (Lipinski definition) is 0. The van der Waals surface area contributed by atoms with Gasteiger partial charge in [-0.25, -0.2) is 0 Å². The van der Waals surface area contributed by atoms with Gasteiger partial charge in [0.2, 0.25) is 0 Å². The van der Waals surface area contributed by atoms with Crippen molar-refractivity contribution in [3.05, 3.63) is 0 Å². The minimum absolute atomic E-state index is 5.87. The SMILES string of the molecule is F[S+](F)C(F)(F)C(F)(F)C(F)(F)C(F)(F)C(F)(F)F. The smallest absolute Gasteiger partial charge is 0.192 e. The van der Waals surface area contributed by atoms with E-state index in [-0.39, 0.29) is 0 Å². The van der Waals surface area contributed by atoms with Crippen LogP contribution in [0.1, 0.15) is 0 Å². The van der Waals surface area contributed by atoms with E-state index in [2.05, 4.69) is 0 Å². The lowest BCUT2D eigenvalue weighted by Gasteiger charge is -2.33. The topological polar surface area (TPSA) is 0 Å². The standard InChI is InChI=1S/C5F13S/c6-1(7,2(8,9)4(12,13)14)3(10,11)5(15,16)19(17)18/q+1. The Labute approximate surface area is 98.0 Å². The fourth-order valence-electron chi connectivity index (χ4n) is 0.655. The summed E-state index contributed by atoms with van der Waals surface area (Å²) in [5.41, 5.74) is 0. The average molecular weight is 339 g/mol. The van der Waals surface area contributed by atoms with E-state index in [0.29, 0.717) is 0 Å². The van der Waals surface area contributed by atoms with E-state index in [1.807, 2.05) is 0 Å². The highest BCUT2D eigenvalue weighted by Gasteiger charge is 2.93. The summed E-state index contributed by atoms with van der Waals surface area (Å²) >= 11 is -5.87. The van der Waals surface area contributed by atoms with Gasteiger partial charge in [-0.1, -0.05) is 0 Å². The molecule has 0 radical (unpaired) electrons. The molecule has 0 rings (SSSR count). The lowest BCUT2D eigenvalue weighted by Crippen LogP contribution is -2.67. The number of halogens is 13. The van der Waals surface area contributed by atoms with Gasteiger partial charge in [0.05, 0.1) is 7.77 Å². The summed E-state index contributed by atoms with van der Waals surface area (Å²) in [4.78, 5) is 0. The predicted molar refractivity (Wildman–Crippen MR) is 35.4 cm³/mol. The third-order valence-corrected chi connectivity index (χ3v) is 2.35. The van der Waals surface area contributed by atoms with E-state index >= 15 is 0 Å². The average Bonchev–Trinajstić information content (AvgIpc) is 2.14. The van der Waals surface area contributed by atoms with Gasteiger partial charge in [0.1, 0.15) is 0 Å². The normalized spacial score (nSPS) is 16.1. The first-order valence-electron chi connectivity index (χ1n) is 3.59. The summed E-state index contributed by atoms with van der Waals surface area (Å²) in [5, 5.41) is -7.06. The van der Waals surface area contributed by atoms with Crippen molar-refractivity contribution in [1.29, 1.82) is 0 Å². The van der Waals surface area contributed by atoms with Crippen LogP contribution >= 0.6 is 0 Å². The van der Waals surface area contributed by atoms with Gasteiger partial charge in [-0.15, -0.1) is 8.78 Å². The second-order valence-electron chi connectivity index (χ2n) is 2.95. The first-order chi connectivity index (χ1) is 7.94. The first kappa shape index (κ1) is 18.4. The van der Waals surface area contributed by atoms with Gasteiger partial charge in [-0.3, -0.25) is 0 Å². The quantitative estimate of drug-likeness (QED) is 0.525. The molecule has 0 saturated carbocycles. The van der Waals surface area contributed by atoms with Crippen molar-refractivity contribution in [2.24, 2.45) is 0 Å². The molecule has 19 heavy (non-hydrogen) atoms. The summed E-state index contributed by atoms with van der Waals surface area (Å²) < 4.78 is 155. The maximum atomic E-state index is 12.3. The summed E-state index contributed by atoms with van der Waals surface area (Å²) in [6.07, 6.45) is -7.35. The molecule has 0 aliphatic rings. The van der Waals surface area contributed by atoms with Crippen molar-refractivity contribution in [3.63, 3.8) is 0 Å². The molecule has 0 N–H and O–H groups in total. The van der Waals surface area contributed by atoms with Crippen LogP contribution in [0.25, 0.3) is 0 Å². The van der Waals surface area contributed by atoms with Gasteiger partial charge in [0, 0.05) is 0 Å². The molecule has 0 spiro atoms. The van der Waals surface area contributed by atoms with Crippen LogP contribution in [-0.2, 0) is 11.7 Å². The Morgan fingerprint density at radius 1 is 0.474 bits per heavy atom. The van der Waals surface area contributed by atoms with Crippen LogP contribution in [0, 0.1) is 0 Å². The molecule has 14 heteroatoms. The number of alkyl halides is 11. The molecule has 0 aliphatic carbocycles. The Bertz CT molecular complexity index is 326. The molecular weight excluding hydrogens is 339 g/mol. The lowest BCUT2D eigenvalue weighted by molar-refractivity contribution is -0.413. The molecule has 0 saturated heterocycles. The van der Waals surface area contributed by atoms with Gasteiger partial charge in [-0.2, -0.15) is 39.5 Å². The zero-order valence-corrected chi connectivity index (χ0v) is 8.64. The summed E-state index contributed by atoms with van der Waals surface area (Å²) in [6.45, 7) is 0. The van der Waals surface area contributed by atoms with Crippen molar-refractivity contribution in [1.82, 2.24) is 0 Å². The van der Waals surface area contributed by atoms with Crippen LogP contribution in [0.15, 0.2) is 0 Å². The number of hydrogen-bond acceptors (Lipinski definition) is 0. The zero-order valence-electron chi connectivity index (χ0n) is 7.82. The monoisotopic (exact) mass is 339 g/mol. The summed E-state index contributed by atoms with van der Waals surface area (Å²) in [5.74, 6) is -23.0. The van der Waals surface area contributed by atoms with Crippen LogP contribution in [-0.4, -0.2) is 29.2 Å². The maximum Gasteiger partial charge on any atom is 0.560 e. The molecule has 0 aromatic heterocycles. The van der Waals surface area contributed by atoms with Crippen LogP contribution in [0.4, 0.5) is 56.1 Å². The van der Waals surface area contributed by atoms with Gasteiger partial charge in [0.25, 0.3) is 0 Å². The Kier molecular flexibility index (Phi) is 4.35. The highest BCUT2D eigenvalue weighted by Crippen LogP contribution is 2.58. The first-order valence-corrected chi connectivity index (χ1v) is 4.62. The number of rotatable bonds is 4. The molecule has 0 bridgehead atoms. The Morgan fingerprint density at radius 2 is 0.789 bits per heavy atom. The van der Waals surface area contributed by atoms with Crippen LogP contribution in [0.2, 0.25) is 0 Å². The lowest BCUT2D eigenvalue weighted by atomic mass is 10.0. The second-order valence-corrected chi connectivity index (χ2v) is 3.89. The maximum absolute atomic E-state index is 12.3. The molecule has 0 unspecified atom stereocenters. The van der Waals surface area contributed by atoms with Crippen LogP contribution < -0.4 is 0 Å². The van der Waals surface area contributed by atoms with E-state index in [9.17, 15) is 56.1 Å². The molecule has 0 nitrogen and oxygen atoms in total. The molecule has 0 atom stereocenters. The van der Waals surface area contributed by atoms with Gasteiger partial charge < -0.3 is 0 Å². The van der Waals surface area contributed by atoms with Crippen LogP contribution in [0.3, 0.4) is 0 Å². The molecule has 0 fully saturated rings. The zero-order chi connectivity index (χ0) is 16.1. The van der Waals surface area contributed by atoms with E-state index in [1.54, 1.807) is 0 Å². The highest BCUT2D eigenvalue weighted by atomic mass is 32.3. The van der Waals surface area contributed by atoms with E-state index < -0.39 is 40.9 Å². The molecule has 0 aromatic rings. The third kappa shape index (κ3) is 2.42. The molecule has 116 valence electrons. The minimum atomic E-state index is -7.77. The van der Waals surface area contributed by atoms with E-state index in [4.69, 9.17) is 0 Å². The Hall–Kier alpha value is -0.560. The second kappa shape index (κ2) is 4.48. The molecule has 0 aromatic carbocycles. The molecule has 0 aliphatic heterocycles. The largest absolute Gasteiger partial charge is 0.560 e. The van der Waals surface area contributed by atoms with Crippen LogP contribution in [0.5, 0.6) is 0 Å². The van der Waals surface area contributed by atoms with Crippen molar-refractivity contribution < 1.29 is 56.1 Å². The van der Waals surface area contributed by atoms with Crippen molar-refractivity contribution in [3.8, 4) is 0 Å².